The second-order valence-corrected chi connectivity index (χ2v) is 12.2. The smallest absolute Gasteiger partial charge is 0.253 e. The molecule has 3 atom stereocenters. The van der Waals surface area contributed by atoms with Crippen LogP contribution in [-0.2, 0) is 6.54 Å². The van der Waals surface area contributed by atoms with Gasteiger partial charge in [-0.15, -0.1) is 0 Å². The first-order valence-electron chi connectivity index (χ1n) is 13.1. The van der Waals surface area contributed by atoms with Gasteiger partial charge in [0.15, 0.2) is 0 Å². The molecule has 2 aliphatic carbocycles. The van der Waals surface area contributed by atoms with Gasteiger partial charge < -0.3 is 14.6 Å². The molecule has 2 aromatic rings. The fourth-order valence-corrected chi connectivity index (χ4v) is 7.42. The number of carbonyl (C=O) groups excluding carboxylic acids is 1. The summed E-state index contributed by atoms with van der Waals surface area (Å²) in [6.07, 6.45) is 3.72. The van der Waals surface area contributed by atoms with E-state index in [1.54, 1.807) is 7.11 Å². The van der Waals surface area contributed by atoms with E-state index < -0.39 is 0 Å². The number of nitrogens with one attached hydrogen (secondary N) is 1. The van der Waals surface area contributed by atoms with E-state index in [9.17, 15) is 4.79 Å². The van der Waals surface area contributed by atoms with E-state index in [4.69, 9.17) is 4.74 Å². The van der Waals surface area contributed by atoms with Gasteiger partial charge in [-0.2, -0.15) is 0 Å². The highest BCUT2D eigenvalue weighted by Gasteiger charge is 2.59. The minimum absolute atomic E-state index is 0.0610. The van der Waals surface area contributed by atoms with E-state index in [1.165, 1.54) is 19.3 Å². The summed E-state index contributed by atoms with van der Waals surface area (Å²) in [5, 5.41) is 4.53. The number of hydrogen-bond donors (Lipinski definition) is 1. The Morgan fingerprint density at radius 3 is 2.44 bits per heavy atom. The summed E-state index contributed by atoms with van der Waals surface area (Å²) in [5.41, 5.74) is 3.18. The van der Waals surface area contributed by atoms with Crippen molar-refractivity contribution in [1.82, 2.24) is 14.8 Å². The van der Waals surface area contributed by atoms with Gasteiger partial charge >= 0.3 is 0 Å². The Morgan fingerprint density at radius 1 is 1.21 bits per heavy atom. The maximum atomic E-state index is 13.9. The van der Waals surface area contributed by atoms with E-state index in [0.717, 1.165) is 41.0 Å². The van der Waals surface area contributed by atoms with Crippen LogP contribution < -0.4 is 10.1 Å². The quantitative estimate of drug-likeness (QED) is 0.516. The van der Waals surface area contributed by atoms with E-state index in [-0.39, 0.29) is 22.8 Å². The minimum Gasteiger partial charge on any atom is -0.495 e. The largest absolute Gasteiger partial charge is 0.495 e. The number of amides is 1. The van der Waals surface area contributed by atoms with Gasteiger partial charge in [-0.25, -0.2) is 0 Å². The summed E-state index contributed by atoms with van der Waals surface area (Å²) in [6, 6.07) is 7.21. The third-order valence-electron chi connectivity index (χ3n) is 9.21. The molecule has 2 bridgehead atoms. The van der Waals surface area contributed by atoms with Gasteiger partial charge in [0.05, 0.1) is 18.2 Å². The zero-order chi connectivity index (χ0) is 25.0. The first-order chi connectivity index (χ1) is 15.9. The van der Waals surface area contributed by atoms with E-state index in [1.807, 2.05) is 12.1 Å². The van der Waals surface area contributed by atoms with Crippen molar-refractivity contribution < 1.29 is 9.53 Å². The van der Waals surface area contributed by atoms with Crippen molar-refractivity contribution in [2.75, 3.05) is 13.7 Å². The topological polar surface area (TPSA) is 46.5 Å². The number of fused-ring (bicyclic) bond motifs is 3. The lowest BCUT2D eigenvalue weighted by Gasteiger charge is -2.43. The van der Waals surface area contributed by atoms with Gasteiger partial charge in [-0.05, 0) is 76.7 Å². The summed E-state index contributed by atoms with van der Waals surface area (Å²) >= 11 is 0. The fourth-order valence-electron chi connectivity index (χ4n) is 7.42. The van der Waals surface area contributed by atoms with Gasteiger partial charge in [-0.3, -0.25) is 9.69 Å². The first-order valence-corrected chi connectivity index (χ1v) is 13.1. The van der Waals surface area contributed by atoms with Crippen LogP contribution in [0.4, 0.5) is 0 Å². The normalized spacial score (nSPS) is 25.8. The summed E-state index contributed by atoms with van der Waals surface area (Å²) in [7, 11) is 1.72. The predicted molar refractivity (Wildman–Crippen MR) is 141 cm³/mol. The van der Waals surface area contributed by atoms with E-state index in [2.05, 4.69) is 76.2 Å². The number of rotatable bonds is 8. The van der Waals surface area contributed by atoms with Crippen molar-refractivity contribution >= 4 is 16.8 Å². The molecule has 2 saturated carbocycles. The van der Waals surface area contributed by atoms with Gasteiger partial charge in [0.25, 0.3) is 5.91 Å². The molecule has 0 radical (unpaired) electrons. The van der Waals surface area contributed by atoms with Crippen LogP contribution in [0.5, 0.6) is 5.75 Å². The molecule has 0 aliphatic heterocycles. The van der Waals surface area contributed by atoms with E-state index in [0.29, 0.717) is 18.0 Å². The minimum atomic E-state index is 0.0610. The zero-order valence-corrected chi connectivity index (χ0v) is 22.8. The summed E-state index contributed by atoms with van der Waals surface area (Å²) in [6.45, 7) is 19.9. The molecule has 5 nitrogen and oxygen atoms in total. The highest BCUT2D eigenvalue weighted by molar-refractivity contribution is 6.10. The number of methoxy groups -OCH3 is 1. The second-order valence-electron chi connectivity index (χ2n) is 12.2. The maximum Gasteiger partial charge on any atom is 0.253 e. The molecule has 1 amide bonds. The Kier molecular flexibility index (Phi) is 6.56. The lowest BCUT2D eigenvalue weighted by Crippen LogP contribution is -2.52. The van der Waals surface area contributed by atoms with Crippen LogP contribution in [0.15, 0.2) is 18.2 Å². The molecule has 1 aromatic carbocycles. The number of hydrogen-bond acceptors (Lipinski definition) is 3. The lowest BCUT2D eigenvalue weighted by atomic mass is 9.68. The number of nitrogens with zero attached hydrogens (tertiary/aromatic N) is 2. The number of aromatic nitrogens is 1. The molecule has 2 unspecified atom stereocenters. The van der Waals surface area contributed by atoms with Crippen LogP contribution in [0.1, 0.15) is 83.8 Å². The van der Waals surface area contributed by atoms with Crippen molar-refractivity contribution in [3.63, 3.8) is 0 Å². The van der Waals surface area contributed by atoms with Gasteiger partial charge in [-0.1, -0.05) is 32.9 Å². The van der Waals surface area contributed by atoms with Gasteiger partial charge in [0.1, 0.15) is 5.75 Å². The average molecular weight is 468 g/mol. The molecule has 0 saturated heterocycles. The zero-order valence-electron chi connectivity index (χ0n) is 22.8. The standard InChI is InChI=1S/C29H45N3O2/c1-18(2)31(19(3)4)15-16-32-20(5)24(22-11-10-12-23(34-9)25(22)32)26(33)30-27-28(6,7)21-13-14-29(27,8)17-21/h10-12,18-19,21,27H,13-17H2,1-9H3,(H,30,33)/t21-,27?,29?/m0/s1. The van der Waals surface area contributed by atoms with Crippen LogP contribution in [0.3, 0.4) is 0 Å². The predicted octanol–water partition coefficient (Wildman–Crippen LogP) is 6.02. The molecule has 188 valence electrons. The van der Waals surface area contributed by atoms with Crippen LogP contribution in [0.25, 0.3) is 10.9 Å². The molecule has 2 fully saturated rings. The summed E-state index contributed by atoms with van der Waals surface area (Å²) < 4.78 is 8.07. The number of benzene rings is 1. The Hall–Kier alpha value is -2.01. The molecular formula is C29H45N3O2. The van der Waals surface area contributed by atoms with Crippen molar-refractivity contribution in [1.29, 1.82) is 0 Å². The Bertz CT molecular complexity index is 1050. The number of carbonyl (C=O) groups is 1. The lowest BCUT2D eigenvalue weighted by molar-refractivity contribution is 0.0738. The third-order valence-corrected chi connectivity index (χ3v) is 9.21. The number of ether oxygens (including phenoxy) is 1. The van der Waals surface area contributed by atoms with Gasteiger partial charge in [0.2, 0.25) is 0 Å². The highest BCUT2D eigenvalue weighted by atomic mass is 16.5. The molecule has 34 heavy (non-hydrogen) atoms. The van der Waals surface area contributed by atoms with Gasteiger partial charge in [0, 0.05) is 42.3 Å². The second kappa shape index (κ2) is 8.89. The first kappa shape index (κ1) is 25.1. The Balaban J connectivity index is 1.72. The van der Waals surface area contributed by atoms with Crippen LogP contribution in [0.2, 0.25) is 0 Å². The Morgan fingerprint density at radius 2 is 1.88 bits per heavy atom. The third kappa shape index (κ3) is 3.94. The monoisotopic (exact) mass is 467 g/mol. The van der Waals surface area contributed by atoms with E-state index >= 15 is 0 Å². The highest BCUT2D eigenvalue weighted by Crippen LogP contribution is 2.62. The van der Waals surface area contributed by atoms with Crippen molar-refractivity contribution in [3.8, 4) is 5.75 Å². The molecule has 1 heterocycles. The van der Waals surface area contributed by atoms with Crippen molar-refractivity contribution in [3.05, 3.63) is 29.5 Å². The van der Waals surface area contributed by atoms with Crippen molar-refractivity contribution in [2.24, 2.45) is 16.7 Å². The molecule has 2 aliphatic rings. The van der Waals surface area contributed by atoms with Crippen LogP contribution in [0, 0.1) is 23.7 Å². The summed E-state index contributed by atoms with van der Waals surface area (Å²) in [4.78, 5) is 16.4. The maximum absolute atomic E-state index is 13.9. The summed E-state index contributed by atoms with van der Waals surface area (Å²) in [5.74, 6) is 1.59. The SMILES string of the molecule is COc1cccc2c(C(=O)NC3C4(C)CC[C@@H](C4)C3(C)C)c(C)n(CCN(C(C)C)C(C)C)c12. The molecule has 1 N–H and O–H groups in total. The van der Waals surface area contributed by atoms with Crippen LogP contribution in [-0.4, -0.2) is 47.2 Å². The molecule has 4 rings (SSSR count). The van der Waals surface area contributed by atoms with Crippen molar-refractivity contribution in [2.45, 2.75) is 99.3 Å². The Labute approximate surface area is 206 Å². The molecule has 0 spiro atoms. The number of para-hydroxylation sites is 1. The average Bonchev–Trinajstić information content (AvgIpc) is 3.35. The molecular weight excluding hydrogens is 422 g/mol. The van der Waals surface area contributed by atoms with Crippen LogP contribution >= 0.6 is 0 Å². The fraction of sp³-hybridized carbons (Fsp3) is 0.690. The molecule has 5 heteroatoms. The molecule has 1 aromatic heterocycles.